The molecular formula is C23H14Cl2N2O3. The highest BCUT2D eigenvalue weighted by atomic mass is 35.5. The largest absolute Gasteiger partial charge is 0.423 e. The minimum Gasteiger partial charge on any atom is -0.423 e. The van der Waals surface area contributed by atoms with Crippen LogP contribution in [0.5, 0.6) is 5.75 Å². The molecule has 1 N–H and O–H groups in total. The number of esters is 1. The van der Waals surface area contributed by atoms with Crippen LogP contribution >= 0.6 is 23.2 Å². The molecule has 0 unspecified atom stereocenters. The molecular weight excluding hydrogens is 423 g/mol. The van der Waals surface area contributed by atoms with Crippen LogP contribution in [0.15, 0.2) is 78.4 Å². The molecule has 0 atom stereocenters. The second kappa shape index (κ2) is 9.75. The van der Waals surface area contributed by atoms with E-state index in [0.717, 1.165) is 0 Å². The number of nitrogens with zero attached hydrogens (tertiary/aromatic N) is 1. The number of nitriles is 1. The molecule has 0 spiro atoms. The number of ether oxygens (including phenoxy) is 1. The average Bonchev–Trinajstić information content (AvgIpc) is 2.76. The van der Waals surface area contributed by atoms with Crippen LogP contribution in [0.1, 0.15) is 15.9 Å². The van der Waals surface area contributed by atoms with Gasteiger partial charge in [-0.05, 0) is 54.1 Å². The van der Waals surface area contributed by atoms with Crippen molar-refractivity contribution >= 4 is 46.8 Å². The topological polar surface area (TPSA) is 79.2 Å². The SMILES string of the molecule is N#C/C(=C/c1ccc(OC(=O)c2ccccc2)cc1)C(=O)Nc1ccc(Cl)c(Cl)c1. The zero-order chi connectivity index (χ0) is 21.5. The van der Waals surface area contributed by atoms with E-state index < -0.39 is 11.9 Å². The molecule has 0 radical (unpaired) electrons. The Labute approximate surface area is 183 Å². The molecule has 148 valence electrons. The predicted octanol–water partition coefficient (Wildman–Crippen LogP) is 5.76. The van der Waals surface area contributed by atoms with Gasteiger partial charge in [-0.25, -0.2) is 4.79 Å². The molecule has 0 aromatic heterocycles. The third-order valence-electron chi connectivity index (χ3n) is 3.95. The molecule has 0 saturated heterocycles. The molecule has 30 heavy (non-hydrogen) atoms. The van der Waals surface area contributed by atoms with Gasteiger partial charge in [0.05, 0.1) is 15.6 Å². The van der Waals surface area contributed by atoms with Gasteiger partial charge in [-0.15, -0.1) is 0 Å². The number of carbonyl (C=O) groups is 2. The van der Waals surface area contributed by atoms with Gasteiger partial charge in [-0.1, -0.05) is 53.5 Å². The highest BCUT2D eigenvalue weighted by molar-refractivity contribution is 6.42. The van der Waals surface area contributed by atoms with Gasteiger partial charge < -0.3 is 10.1 Å². The average molecular weight is 437 g/mol. The number of benzene rings is 3. The van der Waals surface area contributed by atoms with Gasteiger partial charge in [0.25, 0.3) is 5.91 Å². The van der Waals surface area contributed by atoms with Crippen LogP contribution in [0.3, 0.4) is 0 Å². The van der Waals surface area contributed by atoms with Gasteiger partial charge in [0.1, 0.15) is 17.4 Å². The Morgan fingerprint density at radius 3 is 2.27 bits per heavy atom. The van der Waals surface area contributed by atoms with E-state index in [-0.39, 0.29) is 10.6 Å². The Morgan fingerprint density at radius 1 is 0.933 bits per heavy atom. The quantitative estimate of drug-likeness (QED) is 0.238. The molecule has 1 amide bonds. The van der Waals surface area contributed by atoms with Crippen LogP contribution in [0.4, 0.5) is 5.69 Å². The Balaban J connectivity index is 1.69. The zero-order valence-electron chi connectivity index (χ0n) is 15.4. The Bertz CT molecular complexity index is 1150. The second-order valence-corrected chi connectivity index (χ2v) is 6.89. The van der Waals surface area contributed by atoms with Crippen LogP contribution in [0.25, 0.3) is 6.08 Å². The number of hydrogen-bond acceptors (Lipinski definition) is 4. The number of hydrogen-bond donors (Lipinski definition) is 1. The van der Waals surface area contributed by atoms with E-state index in [2.05, 4.69) is 5.32 Å². The van der Waals surface area contributed by atoms with Gasteiger partial charge in [0.2, 0.25) is 0 Å². The van der Waals surface area contributed by atoms with Crippen molar-refractivity contribution in [2.75, 3.05) is 5.32 Å². The van der Waals surface area contributed by atoms with E-state index in [9.17, 15) is 14.9 Å². The number of amides is 1. The minimum absolute atomic E-state index is 0.102. The lowest BCUT2D eigenvalue weighted by Gasteiger charge is -2.06. The van der Waals surface area contributed by atoms with Crippen LogP contribution in [-0.2, 0) is 4.79 Å². The summed E-state index contributed by atoms with van der Waals surface area (Å²) in [6.45, 7) is 0. The molecule has 0 saturated carbocycles. The first-order valence-electron chi connectivity index (χ1n) is 8.72. The zero-order valence-corrected chi connectivity index (χ0v) is 16.9. The summed E-state index contributed by atoms with van der Waals surface area (Å²) in [5, 5.41) is 12.6. The lowest BCUT2D eigenvalue weighted by molar-refractivity contribution is -0.112. The fraction of sp³-hybridized carbons (Fsp3) is 0. The van der Waals surface area contributed by atoms with Crippen molar-refractivity contribution in [2.24, 2.45) is 0 Å². The molecule has 5 nitrogen and oxygen atoms in total. The molecule has 3 aromatic rings. The monoisotopic (exact) mass is 436 g/mol. The van der Waals surface area contributed by atoms with Crippen molar-refractivity contribution < 1.29 is 14.3 Å². The maximum atomic E-state index is 12.4. The number of rotatable bonds is 5. The molecule has 3 rings (SSSR count). The highest BCUT2D eigenvalue weighted by Gasteiger charge is 2.11. The lowest BCUT2D eigenvalue weighted by Crippen LogP contribution is -2.13. The summed E-state index contributed by atoms with van der Waals surface area (Å²) < 4.78 is 5.31. The van der Waals surface area contributed by atoms with E-state index >= 15 is 0 Å². The van der Waals surface area contributed by atoms with Crippen LogP contribution in [-0.4, -0.2) is 11.9 Å². The Kier molecular flexibility index (Phi) is 6.87. The number of carbonyl (C=O) groups excluding carboxylic acids is 2. The van der Waals surface area contributed by atoms with Crippen molar-refractivity contribution in [3.05, 3.63) is 99.5 Å². The van der Waals surface area contributed by atoms with Gasteiger partial charge >= 0.3 is 5.97 Å². The Hall–Kier alpha value is -3.59. The summed E-state index contributed by atoms with van der Waals surface area (Å²) in [5.74, 6) is -0.715. The predicted molar refractivity (Wildman–Crippen MR) is 117 cm³/mol. The van der Waals surface area contributed by atoms with Gasteiger partial charge in [-0.2, -0.15) is 5.26 Å². The van der Waals surface area contributed by atoms with Gasteiger partial charge in [0, 0.05) is 5.69 Å². The van der Waals surface area contributed by atoms with Gasteiger partial charge in [-0.3, -0.25) is 4.79 Å². The summed E-state index contributed by atoms with van der Waals surface area (Å²) >= 11 is 11.8. The smallest absolute Gasteiger partial charge is 0.343 e. The molecule has 0 aliphatic rings. The van der Waals surface area contributed by atoms with Crippen molar-refractivity contribution in [3.8, 4) is 11.8 Å². The van der Waals surface area contributed by atoms with Crippen molar-refractivity contribution in [2.45, 2.75) is 0 Å². The third-order valence-corrected chi connectivity index (χ3v) is 4.69. The van der Waals surface area contributed by atoms with Crippen molar-refractivity contribution in [1.82, 2.24) is 0 Å². The standard InChI is InChI=1S/C23H14Cl2N2O3/c24-20-11-8-18(13-21(20)25)27-22(28)17(14-26)12-15-6-9-19(10-7-15)30-23(29)16-4-2-1-3-5-16/h1-13H,(H,27,28)/b17-12-. The fourth-order valence-electron chi connectivity index (χ4n) is 2.46. The summed E-state index contributed by atoms with van der Waals surface area (Å²) in [4.78, 5) is 24.4. The summed E-state index contributed by atoms with van der Waals surface area (Å²) in [5.41, 5.74) is 1.34. The summed E-state index contributed by atoms with van der Waals surface area (Å²) in [6, 6.07) is 21.5. The molecule has 0 heterocycles. The number of halogens is 2. The second-order valence-electron chi connectivity index (χ2n) is 6.08. The molecule has 0 aliphatic carbocycles. The van der Waals surface area contributed by atoms with Crippen molar-refractivity contribution in [1.29, 1.82) is 5.26 Å². The maximum absolute atomic E-state index is 12.4. The van der Waals surface area contributed by atoms with Gasteiger partial charge in [0.15, 0.2) is 0 Å². The number of nitrogens with one attached hydrogen (secondary N) is 1. The first-order valence-corrected chi connectivity index (χ1v) is 9.47. The van der Waals surface area contributed by atoms with Crippen LogP contribution in [0, 0.1) is 11.3 Å². The summed E-state index contributed by atoms with van der Waals surface area (Å²) in [7, 11) is 0. The van der Waals surface area contributed by atoms with Crippen LogP contribution in [0.2, 0.25) is 10.0 Å². The molecule has 0 fully saturated rings. The van der Waals surface area contributed by atoms with Crippen molar-refractivity contribution in [3.63, 3.8) is 0 Å². The van der Waals surface area contributed by atoms with E-state index in [0.29, 0.717) is 27.6 Å². The minimum atomic E-state index is -0.588. The lowest BCUT2D eigenvalue weighted by atomic mass is 10.1. The van der Waals surface area contributed by atoms with E-state index in [1.807, 2.05) is 12.1 Å². The summed E-state index contributed by atoms with van der Waals surface area (Å²) in [6.07, 6.45) is 1.43. The molecule has 0 aliphatic heterocycles. The van der Waals surface area contributed by atoms with Crippen LogP contribution < -0.4 is 10.1 Å². The van der Waals surface area contributed by atoms with E-state index in [1.165, 1.54) is 12.1 Å². The Morgan fingerprint density at radius 2 is 1.63 bits per heavy atom. The van der Waals surface area contributed by atoms with E-state index in [4.69, 9.17) is 27.9 Å². The third kappa shape index (κ3) is 5.48. The first kappa shape index (κ1) is 21.1. The maximum Gasteiger partial charge on any atom is 0.343 e. The van der Waals surface area contributed by atoms with E-state index in [1.54, 1.807) is 60.7 Å². The fourth-order valence-corrected chi connectivity index (χ4v) is 2.76. The highest BCUT2D eigenvalue weighted by Crippen LogP contribution is 2.25. The molecule has 3 aromatic carbocycles. The first-order chi connectivity index (χ1) is 14.5. The molecule has 0 bridgehead atoms. The molecule has 7 heteroatoms. The number of anilines is 1. The normalized spacial score (nSPS) is 10.8.